The van der Waals surface area contributed by atoms with Crippen LogP contribution in [0.25, 0.3) is 0 Å². The molecular formula is C46H60ClN7O9. The van der Waals surface area contributed by atoms with Gasteiger partial charge in [0, 0.05) is 84.2 Å². The van der Waals surface area contributed by atoms with Gasteiger partial charge in [0.2, 0.25) is 0 Å². The second-order valence-corrected chi connectivity index (χ2v) is 13.9. The monoisotopic (exact) mass is 889 g/mol. The van der Waals surface area contributed by atoms with Gasteiger partial charge in [-0.15, -0.1) is 0 Å². The third-order valence-corrected chi connectivity index (χ3v) is 9.14. The maximum Gasteiger partial charge on any atom is 0.270 e. The number of aryl methyl sites for hydroxylation is 3. The number of non-ortho nitro benzene ring substituents is 1. The summed E-state index contributed by atoms with van der Waals surface area (Å²) in [6, 6.07) is 30.1. The number of phenols is 6. The molecule has 6 aromatic rings. The molecule has 0 saturated carbocycles. The van der Waals surface area contributed by atoms with Crippen molar-refractivity contribution in [3.8, 4) is 34.5 Å². The lowest BCUT2D eigenvalue weighted by Gasteiger charge is -2.04. The summed E-state index contributed by atoms with van der Waals surface area (Å²) in [5.74, 6) is 1.31. The average molecular weight is 890 g/mol. The molecule has 0 heterocycles. The lowest BCUT2D eigenvalue weighted by molar-refractivity contribution is -0.385. The minimum absolute atomic E-state index is 0.0206. The number of nitro benzene ring substituents is 1. The number of para-hydroxylation sites is 2. The molecule has 0 aliphatic heterocycles. The smallest absolute Gasteiger partial charge is 0.270 e. The summed E-state index contributed by atoms with van der Waals surface area (Å²) in [7, 11) is 0. The van der Waals surface area contributed by atoms with E-state index in [1.807, 2.05) is 44.2 Å². The highest BCUT2D eigenvalue weighted by atomic mass is 35.5. The van der Waals surface area contributed by atoms with E-state index < -0.39 is 4.92 Å². The van der Waals surface area contributed by atoms with E-state index in [9.17, 15) is 20.3 Å². The van der Waals surface area contributed by atoms with Crippen molar-refractivity contribution in [1.29, 1.82) is 0 Å². The zero-order valence-electron chi connectivity index (χ0n) is 35.6. The predicted molar refractivity (Wildman–Crippen MR) is 248 cm³/mol. The number of hydrogen-bond donors (Lipinski definition) is 13. The van der Waals surface area contributed by atoms with Gasteiger partial charge in [-0.05, 0) is 97.1 Å². The molecule has 0 spiro atoms. The maximum absolute atomic E-state index is 10.4. The summed E-state index contributed by atoms with van der Waals surface area (Å²) in [5, 5.41) is 74.8. The molecule has 0 aliphatic rings. The molecule has 0 radical (unpaired) electrons. The fraction of sp³-hybridized carbons (Fsp3) is 0.217. The van der Waals surface area contributed by atoms with Crippen LogP contribution in [0.4, 0.5) is 5.69 Å². The molecule has 63 heavy (non-hydrogen) atoms. The molecule has 0 amide bonds. The van der Waals surface area contributed by atoms with Crippen LogP contribution in [0.3, 0.4) is 0 Å². The van der Waals surface area contributed by atoms with Gasteiger partial charge in [-0.3, -0.25) is 10.1 Å². The van der Waals surface area contributed by atoms with E-state index in [0.29, 0.717) is 65.7 Å². The molecule has 0 unspecified atom stereocenters. The zero-order chi connectivity index (χ0) is 47.6. The van der Waals surface area contributed by atoms with Crippen molar-refractivity contribution in [2.75, 3.05) is 0 Å². The molecule has 0 fully saturated rings. The van der Waals surface area contributed by atoms with Crippen LogP contribution in [0.5, 0.6) is 34.5 Å². The number of benzene rings is 6. The van der Waals surface area contributed by atoms with Gasteiger partial charge in [0.25, 0.3) is 5.69 Å². The first kappa shape index (κ1) is 54.5. The van der Waals surface area contributed by atoms with Gasteiger partial charge in [0.15, 0.2) is 0 Å². The van der Waals surface area contributed by atoms with Gasteiger partial charge >= 0.3 is 0 Å². The Morgan fingerprint density at radius 2 is 1.00 bits per heavy atom. The first-order valence-corrected chi connectivity index (χ1v) is 19.7. The number of halogens is 1. The van der Waals surface area contributed by atoms with Crippen LogP contribution in [0, 0.1) is 30.9 Å². The Hall–Kier alpha value is -6.47. The minimum Gasteiger partial charge on any atom is -0.508 e. The SMILES string of the molecule is Cc1cc([N+](=O)[O-])cc(CN)c1O.Cc1ccc(O)cc1CN.Cc1cccc(CN)c1O.NCc1cc(CO)ccc1O.NCc1cc(Cl)ccc1O.NCc1ccccc1O. The topological polar surface area (TPSA) is 341 Å². The maximum atomic E-state index is 10.4. The van der Waals surface area contributed by atoms with Crippen LogP contribution < -0.4 is 34.4 Å². The first-order chi connectivity index (χ1) is 29.9. The Kier molecular flexibility index (Phi) is 25.1. The van der Waals surface area contributed by atoms with Crippen molar-refractivity contribution < 1.29 is 40.7 Å². The molecular weight excluding hydrogens is 830 g/mol. The lowest BCUT2D eigenvalue weighted by atomic mass is 10.1. The Labute approximate surface area is 372 Å². The van der Waals surface area contributed by atoms with E-state index in [1.54, 1.807) is 61.5 Å². The molecule has 19 N–H and O–H groups in total. The summed E-state index contributed by atoms with van der Waals surface area (Å²) in [6.45, 7) is 7.38. The van der Waals surface area contributed by atoms with Gasteiger partial charge in [-0.25, -0.2) is 0 Å². The number of nitro groups is 1. The van der Waals surface area contributed by atoms with E-state index in [-0.39, 0.29) is 47.6 Å². The highest BCUT2D eigenvalue weighted by molar-refractivity contribution is 6.30. The van der Waals surface area contributed by atoms with Gasteiger partial charge < -0.3 is 70.1 Å². The summed E-state index contributed by atoms with van der Waals surface area (Å²) < 4.78 is 0. The van der Waals surface area contributed by atoms with Crippen molar-refractivity contribution in [2.45, 2.75) is 66.6 Å². The molecule has 340 valence electrons. The van der Waals surface area contributed by atoms with Crippen molar-refractivity contribution in [3.05, 3.63) is 180 Å². The van der Waals surface area contributed by atoms with Crippen LogP contribution in [0.2, 0.25) is 5.02 Å². The predicted octanol–water partition coefficient (Wildman–Crippen LogP) is 6.08. The van der Waals surface area contributed by atoms with Crippen molar-refractivity contribution in [3.63, 3.8) is 0 Å². The number of nitrogens with two attached hydrogens (primary N) is 6. The van der Waals surface area contributed by atoms with E-state index in [4.69, 9.17) is 71.5 Å². The molecule has 0 aliphatic carbocycles. The van der Waals surface area contributed by atoms with E-state index in [2.05, 4.69) is 0 Å². The minimum atomic E-state index is -0.508. The molecule has 0 aromatic heterocycles. The summed E-state index contributed by atoms with van der Waals surface area (Å²) in [4.78, 5) is 9.91. The summed E-state index contributed by atoms with van der Waals surface area (Å²) >= 11 is 5.63. The normalized spacial score (nSPS) is 9.83. The number of hydrogen-bond acceptors (Lipinski definition) is 15. The van der Waals surface area contributed by atoms with Crippen molar-refractivity contribution in [2.24, 2.45) is 34.4 Å². The number of phenolic OH excluding ortho intramolecular Hbond substituents is 6. The molecule has 0 saturated heterocycles. The second kappa shape index (κ2) is 28.9. The van der Waals surface area contributed by atoms with Crippen molar-refractivity contribution in [1.82, 2.24) is 0 Å². The number of aromatic hydroxyl groups is 6. The zero-order valence-corrected chi connectivity index (χ0v) is 36.3. The van der Waals surface area contributed by atoms with Crippen LogP contribution in [0.15, 0.2) is 109 Å². The Morgan fingerprint density at radius 1 is 0.492 bits per heavy atom. The van der Waals surface area contributed by atoms with Gasteiger partial charge in [0.05, 0.1) is 11.5 Å². The van der Waals surface area contributed by atoms with Crippen molar-refractivity contribution >= 4 is 17.3 Å². The third-order valence-electron chi connectivity index (χ3n) is 8.91. The number of aliphatic hydroxyl groups excluding tert-OH is 1. The second-order valence-electron chi connectivity index (χ2n) is 13.5. The fourth-order valence-corrected chi connectivity index (χ4v) is 5.35. The molecule has 0 bridgehead atoms. The van der Waals surface area contributed by atoms with Crippen LogP contribution in [-0.2, 0) is 45.9 Å². The Bertz CT molecular complexity index is 2280. The Morgan fingerprint density at radius 3 is 1.48 bits per heavy atom. The molecule has 6 rings (SSSR count). The molecule has 17 heteroatoms. The summed E-state index contributed by atoms with van der Waals surface area (Å²) in [6.07, 6.45) is 0. The van der Waals surface area contributed by atoms with Gasteiger partial charge in [0.1, 0.15) is 34.5 Å². The number of rotatable bonds is 8. The Balaban J connectivity index is 0.000000379. The highest BCUT2D eigenvalue weighted by Crippen LogP contribution is 2.27. The van der Waals surface area contributed by atoms with Crippen LogP contribution in [-0.4, -0.2) is 40.7 Å². The lowest BCUT2D eigenvalue weighted by Crippen LogP contribution is -1.99. The van der Waals surface area contributed by atoms with Crippen LogP contribution >= 0.6 is 11.6 Å². The average Bonchev–Trinajstić information content (AvgIpc) is 3.28. The quantitative estimate of drug-likeness (QED) is 0.0608. The number of nitrogens with zero attached hydrogens (tertiary/aromatic N) is 1. The molecule has 0 atom stereocenters. The fourth-order valence-electron chi connectivity index (χ4n) is 5.16. The van der Waals surface area contributed by atoms with E-state index in [0.717, 1.165) is 33.4 Å². The van der Waals surface area contributed by atoms with E-state index >= 15 is 0 Å². The van der Waals surface area contributed by atoms with E-state index in [1.165, 1.54) is 24.3 Å². The molecule has 16 nitrogen and oxygen atoms in total. The van der Waals surface area contributed by atoms with Gasteiger partial charge in [-0.2, -0.15) is 0 Å². The van der Waals surface area contributed by atoms with Gasteiger partial charge in [-0.1, -0.05) is 60.1 Å². The standard InChI is InChI=1S/C8H10N2O3.C8H11NO2.2C8H11NO.C7H8ClNO.C7H9NO/c1-5-2-7(10(12)13)3-6(4-9)8(5)11;9-4-7-3-6(5-10)1-2-8(7)11;1-6-2-3-8(10)4-7(6)5-9;1-6-3-2-4-7(5-9)8(6)10;8-6-1-2-7(10)5(3-6)4-9;8-5-6-3-1-2-4-7(6)9/h2-3,11H,4,9H2,1H3;1-3,10-11H,4-5,9H2;2*2-4,10H,5,9H2,1H3;1-3,10H,4,9H2;1-4,9H,5,8H2. The first-order valence-electron chi connectivity index (χ1n) is 19.3. The summed E-state index contributed by atoms with van der Waals surface area (Å²) in [5.41, 5.74) is 39.5. The molecule has 6 aromatic carbocycles. The highest BCUT2D eigenvalue weighted by Gasteiger charge is 2.12. The van der Waals surface area contributed by atoms with Crippen LogP contribution in [0.1, 0.15) is 55.6 Å². The third kappa shape index (κ3) is 19.0. The number of aliphatic hydroxyl groups is 1. The largest absolute Gasteiger partial charge is 0.508 e.